The van der Waals surface area contributed by atoms with Crippen molar-refractivity contribution in [2.75, 3.05) is 40.4 Å². The molecule has 1 aliphatic rings. The maximum absolute atomic E-state index is 5.01. The summed E-state index contributed by atoms with van der Waals surface area (Å²) in [6.45, 7) is 4.22. The second-order valence-electron chi connectivity index (χ2n) is 3.88. The van der Waals surface area contributed by atoms with Gasteiger partial charge in [0, 0.05) is 19.7 Å². The van der Waals surface area contributed by atoms with Crippen molar-refractivity contribution in [3.63, 3.8) is 0 Å². The van der Waals surface area contributed by atoms with Crippen molar-refractivity contribution < 1.29 is 4.74 Å². The summed E-state index contributed by atoms with van der Waals surface area (Å²) < 4.78 is 5.01. The van der Waals surface area contributed by atoms with Gasteiger partial charge in [0.1, 0.15) is 0 Å². The molecule has 13 heavy (non-hydrogen) atoms. The van der Waals surface area contributed by atoms with E-state index < -0.39 is 0 Å². The van der Waals surface area contributed by atoms with Crippen molar-refractivity contribution in [1.82, 2.24) is 10.2 Å². The van der Waals surface area contributed by atoms with Crippen molar-refractivity contribution >= 4 is 0 Å². The second-order valence-corrected chi connectivity index (χ2v) is 3.88. The lowest BCUT2D eigenvalue weighted by Crippen LogP contribution is -2.27. The summed E-state index contributed by atoms with van der Waals surface area (Å²) in [6.07, 6.45) is 4.02. The molecule has 0 atom stereocenters. The van der Waals surface area contributed by atoms with Crippen LogP contribution in [0.1, 0.15) is 19.3 Å². The highest BCUT2D eigenvalue weighted by Gasteiger charge is 2.19. The van der Waals surface area contributed by atoms with E-state index in [1.54, 1.807) is 7.11 Å². The van der Waals surface area contributed by atoms with Gasteiger partial charge in [-0.15, -0.1) is 0 Å². The molecule has 0 aromatic heterocycles. The third kappa shape index (κ3) is 6.02. The molecule has 0 spiro atoms. The van der Waals surface area contributed by atoms with Crippen LogP contribution in [0.5, 0.6) is 0 Å². The van der Waals surface area contributed by atoms with E-state index in [2.05, 4.69) is 17.3 Å². The first kappa shape index (κ1) is 11.0. The number of ether oxygens (including phenoxy) is 1. The van der Waals surface area contributed by atoms with Crippen molar-refractivity contribution in [2.24, 2.45) is 0 Å². The minimum Gasteiger partial charge on any atom is -0.383 e. The molecule has 0 saturated heterocycles. The lowest BCUT2D eigenvalue weighted by atomic mass is 10.4. The van der Waals surface area contributed by atoms with Gasteiger partial charge >= 0.3 is 0 Å². The smallest absolute Gasteiger partial charge is 0.0589 e. The molecule has 3 nitrogen and oxygen atoms in total. The molecule has 0 bridgehead atoms. The Hall–Kier alpha value is -0.120. The summed E-state index contributed by atoms with van der Waals surface area (Å²) in [5.74, 6) is 0. The highest BCUT2D eigenvalue weighted by molar-refractivity contribution is 4.80. The Morgan fingerprint density at radius 3 is 2.77 bits per heavy atom. The van der Waals surface area contributed by atoms with Crippen LogP contribution in [0.25, 0.3) is 0 Å². The molecule has 1 N–H and O–H groups in total. The normalized spacial score (nSPS) is 16.8. The Balaban J connectivity index is 1.79. The van der Waals surface area contributed by atoms with E-state index in [0.29, 0.717) is 0 Å². The quantitative estimate of drug-likeness (QED) is 0.565. The van der Waals surface area contributed by atoms with Crippen molar-refractivity contribution in [2.45, 2.75) is 25.3 Å². The topological polar surface area (TPSA) is 24.5 Å². The Morgan fingerprint density at radius 2 is 2.15 bits per heavy atom. The van der Waals surface area contributed by atoms with Gasteiger partial charge in [0.15, 0.2) is 0 Å². The molecule has 0 unspecified atom stereocenters. The van der Waals surface area contributed by atoms with Crippen LogP contribution in [-0.2, 0) is 4.74 Å². The molecule has 0 amide bonds. The maximum atomic E-state index is 5.01. The maximum Gasteiger partial charge on any atom is 0.0589 e. The molecule has 1 fully saturated rings. The fourth-order valence-corrected chi connectivity index (χ4v) is 1.30. The molecule has 0 aromatic rings. The van der Waals surface area contributed by atoms with Crippen molar-refractivity contribution in [3.05, 3.63) is 0 Å². The number of methoxy groups -OCH3 is 1. The molecule has 1 aliphatic carbocycles. The molecule has 1 rings (SSSR count). The highest BCUT2D eigenvalue weighted by Crippen LogP contribution is 2.18. The van der Waals surface area contributed by atoms with E-state index in [9.17, 15) is 0 Å². The summed E-state index contributed by atoms with van der Waals surface area (Å²) >= 11 is 0. The Bertz CT molecular complexity index is 126. The molecular weight excluding hydrogens is 164 g/mol. The van der Waals surface area contributed by atoms with Crippen LogP contribution in [-0.4, -0.2) is 51.3 Å². The van der Waals surface area contributed by atoms with Gasteiger partial charge in [-0.3, -0.25) is 0 Å². The third-order valence-corrected chi connectivity index (χ3v) is 2.40. The largest absolute Gasteiger partial charge is 0.383 e. The van der Waals surface area contributed by atoms with Gasteiger partial charge in [-0.25, -0.2) is 0 Å². The summed E-state index contributed by atoms with van der Waals surface area (Å²) in [5.41, 5.74) is 0. The Labute approximate surface area is 81.4 Å². The molecule has 1 saturated carbocycles. The molecule has 3 heteroatoms. The number of likely N-dealkylation sites (N-methyl/N-ethyl adjacent to an activating group) is 1. The molecule has 0 aromatic carbocycles. The number of hydrogen-bond donors (Lipinski definition) is 1. The third-order valence-electron chi connectivity index (χ3n) is 2.40. The zero-order valence-corrected chi connectivity index (χ0v) is 8.88. The zero-order chi connectivity index (χ0) is 9.52. The lowest BCUT2D eigenvalue weighted by Gasteiger charge is -2.15. The predicted molar refractivity (Wildman–Crippen MR) is 55.0 cm³/mol. The van der Waals surface area contributed by atoms with E-state index in [-0.39, 0.29) is 0 Å². The SMILES string of the molecule is COCCN(C)CCCNC1CC1. The monoisotopic (exact) mass is 186 g/mol. The van der Waals surface area contributed by atoms with Gasteiger partial charge in [-0.1, -0.05) is 0 Å². The van der Waals surface area contributed by atoms with Gasteiger partial charge in [-0.05, 0) is 39.4 Å². The van der Waals surface area contributed by atoms with E-state index >= 15 is 0 Å². The van der Waals surface area contributed by atoms with Crippen LogP contribution in [0.4, 0.5) is 0 Å². The summed E-state index contributed by atoms with van der Waals surface area (Å²) in [6, 6.07) is 0.851. The van der Waals surface area contributed by atoms with Crippen LogP contribution < -0.4 is 5.32 Å². The first-order chi connectivity index (χ1) is 6.33. The second kappa shape index (κ2) is 6.35. The standard InChI is InChI=1S/C10H22N2O/c1-12(8-9-13-2)7-3-6-11-10-4-5-10/h10-11H,3-9H2,1-2H3. The first-order valence-corrected chi connectivity index (χ1v) is 5.24. The Morgan fingerprint density at radius 1 is 1.38 bits per heavy atom. The van der Waals surface area contributed by atoms with Gasteiger partial charge in [0.05, 0.1) is 6.61 Å². The molecule has 0 heterocycles. The summed E-state index contributed by atoms with van der Waals surface area (Å²) in [5, 5.41) is 3.51. The van der Waals surface area contributed by atoms with Crippen molar-refractivity contribution in [1.29, 1.82) is 0 Å². The number of rotatable bonds is 8. The molecule has 78 valence electrons. The van der Waals surface area contributed by atoms with Gasteiger partial charge in [-0.2, -0.15) is 0 Å². The van der Waals surface area contributed by atoms with Crippen LogP contribution in [0.3, 0.4) is 0 Å². The van der Waals surface area contributed by atoms with E-state index in [1.807, 2.05) is 0 Å². The van der Waals surface area contributed by atoms with Gasteiger partial charge in [0.25, 0.3) is 0 Å². The van der Waals surface area contributed by atoms with Crippen LogP contribution in [0, 0.1) is 0 Å². The van der Waals surface area contributed by atoms with Crippen molar-refractivity contribution in [3.8, 4) is 0 Å². The van der Waals surface area contributed by atoms with E-state index in [4.69, 9.17) is 4.74 Å². The Kier molecular flexibility index (Phi) is 5.35. The minimum atomic E-state index is 0.840. The van der Waals surface area contributed by atoms with Gasteiger partial charge < -0.3 is 15.0 Å². The zero-order valence-electron chi connectivity index (χ0n) is 8.88. The van der Waals surface area contributed by atoms with Crippen LogP contribution >= 0.6 is 0 Å². The van der Waals surface area contributed by atoms with E-state index in [0.717, 1.165) is 19.2 Å². The first-order valence-electron chi connectivity index (χ1n) is 5.24. The molecular formula is C10H22N2O. The van der Waals surface area contributed by atoms with E-state index in [1.165, 1.54) is 32.4 Å². The van der Waals surface area contributed by atoms with Gasteiger partial charge in [0.2, 0.25) is 0 Å². The molecule has 0 radical (unpaired) electrons. The number of nitrogens with zero attached hydrogens (tertiary/aromatic N) is 1. The summed E-state index contributed by atoms with van der Waals surface area (Å²) in [7, 11) is 3.90. The highest BCUT2D eigenvalue weighted by atomic mass is 16.5. The summed E-state index contributed by atoms with van der Waals surface area (Å²) in [4.78, 5) is 2.32. The van der Waals surface area contributed by atoms with Crippen LogP contribution in [0.15, 0.2) is 0 Å². The minimum absolute atomic E-state index is 0.840. The fraction of sp³-hybridized carbons (Fsp3) is 1.00. The molecule has 0 aliphatic heterocycles. The fourth-order valence-electron chi connectivity index (χ4n) is 1.30. The number of nitrogens with one attached hydrogen (secondary N) is 1. The predicted octanol–water partition coefficient (Wildman–Crippen LogP) is 0.707. The van der Waals surface area contributed by atoms with Crippen LogP contribution in [0.2, 0.25) is 0 Å². The lowest BCUT2D eigenvalue weighted by molar-refractivity contribution is 0.160. The average Bonchev–Trinajstić information content (AvgIpc) is 2.92. The average molecular weight is 186 g/mol. The number of hydrogen-bond acceptors (Lipinski definition) is 3.